The molecule has 2 aromatic rings. The van der Waals surface area contributed by atoms with E-state index in [9.17, 15) is 18.0 Å². The van der Waals surface area contributed by atoms with Crippen molar-refractivity contribution < 1.29 is 18.0 Å². The molecule has 9 heteroatoms. The number of hydrogen-bond donors (Lipinski definition) is 3. The van der Waals surface area contributed by atoms with Gasteiger partial charge >= 0.3 is 0 Å². The fraction of sp³-hybridized carbons (Fsp3) is 0.0667. The number of amides is 2. The van der Waals surface area contributed by atoms with Gasteiger partial charge in [0.2, 0.25) is 11.8 Å². The smallest absolute Gasteiger partial charge is 0.262 e. The van der Waals surface area contributed by atoms with Gasteiger partial charge in [0.05, 0.1) is 27.0 Å². The summed E-state index contributed by atoms with van der Waals surface area (Å²) >= 11 is 5.96. The van der Waals surface area contributed by atoms with E-state index in [1.165, 1.54) is 24.3 Å². The van der Waals surface area contributed by atoms with Crippen molar-refractivity contribution in [2.24, 2.45) is 0 Å². The zero-order chi connectivity index (χ0) is 17.3. The molecule has 3 N–H and O–H groups in total. The van der Waals surface area contributed by atoms with E-state index in [2.05, 4.69) is 15.4 Å². The summed E-state index contributed by atoms with van der Waals surface area (Å²) in [7, 11) is -3.91. The van der Waals surface area contributed by atoms with Gasteiger partial charge in [0.15, 0.2) is 0 Å². The quantitative estimate of drug-likeness (QED) is 0.726. The van der Waals surface area contributed by atoms with E-state index in [4.69, 9.17) is 11.6 Å². The lowest BCUT2D eigenvalue weighted by Crippen LogP contribution is -2.16. The first-order valence-electron chi connectivity index (χ1n) is 6.86. The third-order valence-electron chi connectivity index (χ3n) is 3.29. The third kappa shape index (κ3) is 3.34. The van der Waals surface area contributed by atoms with E-state index in [0.29, 0.717) is 5.69 Å². The van der Waals surface area contributed by atoms with E-state index in [-0.39, 0.29) is 27.7 Å². The highest BCUT2D eigenvalue weighted by atomic mass is 35.5. The van der Waals surface area contributed by atoms with Crippen LogP contribution in [0.2, 0.25) is 5.02 Å². The van der Waals surface area contributed by atoms with Crippen molar-refractivity contribution in [1.82, 2.24) is 0 Å². The van der Waals surface area contributed by atoms with Crippen LogP contribution in [-0.4, -0.2) is 20.2 Å². The largest absolute Gasteiger partial charge is 0.324 e. The van der Waals surface area contributed by atoms with Crippen molar-refractivity contribution >= 4 is 50.5 Å². The van der Waals surface area contributed by atoms with E-state index in [1.54, 1.807) is 18.2 Å². The number of hydrogen-bond acceptors (Lipinski definition) is 4. The molecule has 0 aromatic heterocycles. The summed E-state index contributed by atoms with van der Waals surface area (Å²) in [5, 5.41) is 5.29. The summed E-state index contributed by atoms with van der Waals surface area (Å²) in [6.07, 6.45) is -0.325. The minimum absolute atomic E-state index is 0.0716. The van der Waals surface area contributed by atoms with Crippen molar-refractivity contribution in [3.8, 4) is 0 Å². The van der Waals surface area contributed by atoms with Gasteiger partial charge in [-0.2, -0.15) is 0 Å². The number of rotatable bonds is 3. The molecule has 24 heavy (non-hydrogen) atoms. The molecule has 0 atom stereocenters. The molecule has 2 aromatic carbocycles. The molecular weight excluding hydrogens is 354 g/mol. The second-order valence-corrected chi connectivity index (χ2v) is 7.16. The molecule has 7 nitrogen and oxygen atoms in total. The highest BCUT2D eigenvalue weighted by molar-refractivity contribution is 7.92. The summed E-state index contributed by atoms with van der Waals surface area (Å²) in [4.78, 5) is 23.0. The van der Waals surface area contributed by atoms with Crippen LogP contribution < -0.4 is 15.4 Å². The van der Waals surface area contributed by atoms with Crippen LogP contribution in [-0.2, 0) is 19.6 Å². The van der Waals surface area contributed by atoms with Gasteiger partial charge < -0.3 is 10.6 Å². The first-order valence-corrected chi connectivity index (χ1v) is 8.72. The Morgan fingerprint density at radius 3 is 2.33 bits per heavy atom. The average Bonchev–Trinajstić information content (AvgIpc) is 2.65. The van der Waals surface area contributed by atoms with Gasteiger partial charge in [-0.1, -0.05) is 23.7 Å². The van der Waals surface area contributed by atoms with E-state index in [1.807, 2.05) is 0 Å². The van der Waals surface area contributed by atoms with Crippen LogP contribution in [0.15, 0.2) is 47.4 Å². The molecule has 0 bridgehead atoms. The lowest BCUT2D eigenvalue weighted by Gasteiger charge is -2.12. The van der Waals surface area contributed by atoms with Crippen molar-refractivity contribution in [2.45, 2.75) is 11.3 Å². The highest BCUT2D eigenvalue weighted by Gasteiger charge is 2.22. The fourth-order valence-electron chi connectivity index (χ4n) is 2.19. The van der Waals surface area contributed by atoms with Gasteiger partial charge in [0, 0.05) is 0 Å². The van der Waals surface area contributed by atoms with E-state index < -0.39 is 21.8 Å². The third-order valence-corrected chi connectivity index (χ3v) is 4.98. The molecule has 3 rings (SSSR count). The molecule has 1 heterocycles. The van der Waals surface area contributed by atoms with E-state index >= 15 is 0 Å². The molecule has 0 unspecified atom stereocenters. The van der Waals surface area contributed by atoms with Gasteiger partial charge in [0.1, 0.15) is 6.42 Å². The zero-order valence-electron chi connectivity index (χ0n) is 12.2. The number of sulfonamides is 1. The van der Waals surface area contributed by atoms with Crippen LogP contribution in [0.5, 0.6) is 0 Å². The molecule has 0 fully saturated rings. The SMILES string of the molecule is O=C1CC(=O)Nc2cc(S(=O)(=O)Nc3ccccc3Cl)ccc2N1. The lowest BCUT2D eigenvalue weighted by molar-refractivity contribution is -0.123. The van der Waals surface area contributed by atoms with Crippen molar-refractivity contribution in [2.75, 3.05) is 15.4 Å². The summed E-state index contributed by atoms with van der Waals surface area (Å²) in [6.45, 7) is 0. The number of halogens is 1. The molecule has 1 aliphatic heterocycles. The number of fused-ring (bicyclic) bond motifs is 1. The van der Waals surface area contributed by atoms with Crippen molar-refractivity contribution in [3.63, 3.8) is 0 Å². The molecule has 0 radical (unpaired) electrons. The molecule has 0 aliphatic carbocycles. The molecule has 0 spiro atoms. The predicted molar refractivity (Wildman–Crippen MR) is 90.6 cm³/mol. The maximum Gasteiger partial charge on any atom is 0.262 e. The first kappa shape index (κ1) is 16.3. The molecule has 2 amide bonds. The standard InChI is InChI=1S/C15H12ClN3O4S/c16-10-3-1-2-4-11(10)19-24(22,23)9-5-6-12-13(7-9)18-15(21)8-14(20)17-12/h1-7,19H,8H2,(H,17,20)(H,18,21). The average molecular weight is 366 g/mol. The Kier molecular flexibility index (Phi) is 4.16. The molecule has 0 saturated carbocycles. The number of carbonyl (C=O) groups is 2. The second-order valence-electron chi connectivity index (χ2n) is 5.07. The Morgan fingerprint density at radius 2 is 1.62 bits per heavy atom. The lowest BCUT2D eigenvalue weighted by atomic mass is 10.2. The zero-order valence-corrected chi connectivity index (χ0v) is 13.7. The maximum absolute atomic E-state index is 12.5. The van der Waals surface area contributed by atoms with Crippen molar-refractivity contribution in [1.29, 1.82) is 0 Å². The Morgan fingerprint density at radius 1 is 0.958 bits per heavy atom. The minimum atomic E-state index is -3.91. The monoisotopic (exact) mass is 365 g/mol. The number of anilines is 3. The number of nitrogens with one attached hydrogen (secondary N) is 3. The van der Waals surface area contributed by atoms with Gasteiger partial charge in [-0.15, -0.1) is 0 Å². The number of benzene rings is 2. The normalized spacial score (nSPS) is 14.2. The van der Waals surface area contributed by atoms with Gasteiger partial charge in [-0.25, -0.2) is 8.42 Å². The van der Waals surface area contributed by atoms with Crippen LogP contribution in [0.4, 0.5) is 17.1 Å². The Balaban J connectivity index is 1.96. The Labute approximate surface area is 143 Å². The summed E-state index contributed by atoms with van der Waals surface area (Å²) < 4.78 is 27.4. The predicted octanol–water partition coefficient (Wildman–Crippen LogP) is 2.42. The minimum Gasteiger partial charge on any atom is -0.324 e. The van der Waals surface area contributed by atoms with Crippen LogP contribution in [0.1, 0.15) is 6.42 Å². The topological polar surface area (TPSA) is 104 Å². The summed E-state index contributed by atoms with van der Waals surface area (Å²) in [5.74, 6) is -0.976. The van der Waals surface area contributed by atoms with Crippen LogP contribution in [0.25, 0.3) is 0 Å². The van der Waals surface area contributed by atoms with Crippen LogP contribution in [0, 0.1) is 0 Å². The maximum atomic E-state index is 12.5. The molecular formula is C15H12ClN3O4S. The Hall–Kier alpha value is -2.58. The Bertz CT molecular complexity index is 943. The van der Waals surface area contributed by atoms with Crippen molar-refractivity contribution in [3.05, 3.63) is 47.5 Å². The van der Waals surface area contributed by atoms with Gasteiger partial charge in [-0.3, -0.25) is 14.3 Å². The highest BCUT2D eigenvalue weighted by Crippen LogP contribution is 2.29. The summed E-state index contributed by atoms with van der Waals surface area (Å²) in [6, 6.07) is 10.4. The fourth-order valence-corrected chi connectivity index (χ4v) is 3.53. The van der Waals surface area contributed by atoms with E-state index in [0.717, 1.165) is 0 Å². The van der Waals surface area contributed by atoms with Crippen LogP contribution in [0.3, 0.4) is 0 Å². The molecule has 124 valence electrons. The van der Waals surface area contributed by atoms with Gasteiger partial charge in [-0.05, 0) is 30.3 Å². The number of para-hydroxylation sites is 1. The second kappa shape index (κ2) is 6.14. The molecule has 0 saturated heterocycles. The molecule has 1 aliphatic rings. The van der Waals surface area contributed by atoms with Crippen LogP contribution >= 0.6 is 11.6 Å². The number of carbonyl (C=O) groups excluding carboxylic acids is 2. The first-order chi connectivity index (χ1) is 11.3. The summed E-state index contributed by atoms with van der Waals surface area (Å²) in [5.41, 5.74) is 0.793. The van der Waals surface area contributed by atoms with Gasteiger partial charge in [0.25, 0.3) is 10.0 Å².